The van der Waals surface area contributed by atoms with Gasteiger partial charge < -0.3 is 9.97 Å². The molecule has 22 heavy (non-hydrogen) atoms. The first-order chi connectivity index (χ1) is 10.6. The van der Waals surface area contributed by atoms with E-state index < -0.39 is 0 Å². The summed E-state index contributed by atoms with van der Waals surface area (Å²) in [6, 6.07) is 13.2. The maximum absolute atomic E-state index is 12.3. The molecule has 2 aromatic carbocycles. The highest BCUT2D eigenvalue weighted by atomic mass is 127. The van der Waals surface area contributed by atoms with E-state index in [2.05, 4.69) is 37.5 Å². The second-order valence-electron chi connectivity index (χ2n) is 4.97. The molecule has 2 heterocycles. The highest BCUT2D eigenvalue weighted by Crippen LogP contribution is 2.26. The van der Waals surface area contributed by atoms with Crippen LogP contribution < -0.4 is 5.56 Å². The summed E-state index contributed by atoms with van der Waals surface area (Å²) in [5, 5.41) is 1.55. The number of para-hydroxylation sites is 2. The standard InChI is InChI=1S/C16H9ClIN3O/c17-10-7-14-8(6-11(10)18)5-9(16(22)21-14)15-19-12-3-1-2-4-13(12)20-15/h1-7H,(H,19,20)(H,21,22). The van der Waals surface area contributed by atoms with E-state index in [-0.39, 0.29) is 5.56 Å². The lowest BCUT2D eigenvalue weighted by atomic mass is 10.1. The van der Waals surface area contributed by atoms with Crippen LogP contribution in [0.15, 0.2) is 47.3 Å². The van der Waals surface area contributed by atoms with Gasteiger partial charge in [0.05, 0.1) is 21.6 Å². The van der Waals surface area contributed by atoms with Crippen LogP contribution in [-0.2, 0) is 0 Å². The zero-order valence-electron chi connectivity index (χ0n) is 11.2. The van der Waals surface area contributed by atoms with Crippen LogP contribution in [0.1, 0.15) is 0 Å². The van der Waals surface area contributed by atoms with Gasteiger partial charge in [0, 0.05) is 14.5 Å². The lowest BCUT2D eigenvalue weighted by molar-refractivity contribution is 1.25. The zero-order valence-corrected chi connectivity index (χ0v) is 14.1. The van der Waals surface area contributed by atoms with Crippen LogP contribution in [0.5, 0.6) is 0 Å². The van der Waals surface area contributed by atoms with Gasteiger partial charge in [0.2, 0.25) is 0 Å². The molecular formula is C16H9ClIN3O. The largest absolute Gasteiger partial charge is 0.338 e. The molecule has 0 radical (unpaired) electrons. The fourth-order valence-electron chi connectivity index (χ4n) is 2.46. The van der Waals surface area contributed by atoms with Crippen LogP contribution in [0.4, 0.5) is 0 Å². The van der Waals surface area contributed by atoms with Crippen molar-refractivity contribution in [2.45, 2.75) is 0 Å². The van der Waals surface area contributed by atoms with Crippen LogP contribution in [0, 0.1) is 3.57 Å². The minimum Gasteiger partial charge on any atom is -0.338 e. The first-order valence-corrected chi connectivity index (χ1v) is 8.05. The summed E-state index contributed by atoms with van der Waals surface area (Å²) in [4.78, 5) is 22.9. The Morgan fingerprint density at radius 1 is 1.05 bits per heavy atom. The zero-order chi connectivity index (χ0) is 15.3. The molecule has 0 bridgehead atoms. The molecule has 2 aromatic heterocycles. The minimum absolute atomic E-state index is 0.191. The van der Waals surface area contributed by atoms with Crippen LogP contribution in [0.25, 0.3) is 33.3 Å². The van der Waals surface area contributed by atoms with Gasteiger partial charge in [-0.3, -0.25) is 4.79 Å². The van der Waals surface area contributed by atoms with Crippen molar-refractivity contribution in [3.8, 4) is 11.4 Å². The average Bonchev–Trinajstić information content (AvgIpc) is 2.92. The summed E-state index contributed by atoms with van der Waals surface area (Å²) < 4.78 is 0.939. The molecule has 0 saturated heterocycles. The molecule has 0 fully saturated rings. The molecule has 0 aliphatic carbocycles. The number of fused-ring (bicyclic) bond motifs is 2. The summed E-state index contributed by atoms with van der Waals surface area (Å²) >= 11 is 8.27. The Kier molecular flexibility index (Phi) is 3.19. The summed E-state index contributed by atoms with van der Waals surface area (Å²) in [6.07, 6.45) is 0. The molecule has 108 valence electrons. The summed E-state index contributed by atoms with van der Waals surface area (Å²) in [5.74, 6) is 0.564. The van der Waals surface area contributed by atoms with Crippen molar-refractivity contribution in [1.29, 1.82) is 0 Å². The average molecular weight is 422 g/mol. The first kappa shape index (κ1) is 13.8. The molecule has 2 N–H and O–H groups in total. The fraction of sp³-hybridized carbons (Fsp3) is 0. The lowest BCUT2D eigenvalue weighted by Crippen LogP contribution is -2.09. The Labute approximate surface area is 143 Å². The second-order valence-corrected chi connectivity index (χ2v) is 6.54. The molecule has 0 aliphatic rings. The quantitative estimate of drug-likeness (QED) is 0.449. The normalized spacial score (nSPS) is 11.4. The molecule has 6 heteroatoms. The van der Waals surface area contributed by atoms with Gasteiger partial charge in [-0.15, -0.1) is 0 Å². The lowest BCUT2D eigenvalue weighted by Gasteiger charge is -2.03. The molecule has 0 amide bonds. The van der Waals surface area contributed by atoms with E-state index in [1.165, 1.54) is 0 Å². The van der Waals surface area contributed by atoms with E-state index >= 15 is 0 Å². The van der Waals surface area contributed by atoms with Crippen molar-refractivity contribution < 1.29 is 0 Å². The number of imidazole rings is 1. The predicted molar refractivity (Wildman–Crippen MR) is 97.4 cm³/mol. The minimum atomic E-state index is -0.191. The molecule has 4 aromatic rings. The van der Waals surface area contributed by atoms with E-state index in [0.29, 0.717) is 16.4 Å². The van der Waals surface area contributed by atoms with Crippen LogP contribution in [0.3, 0.4) is 0 Å². The van der Waals surface area contributed by atoms with Crippen molar-refractivity contribution in [2.75, 3.05) is 0 Å². The monoisotopic (exact) mass is 421 g/mol. The molecule has 0 unspecified atom stereocenters. The number of rotatable bonds is 1. The van der Waals surface area contributed by atoms with Gasteiger partial charge in [-0.1, -0.05) is 23.7 Å². The van der Waals surface area contributed by atoms with Gasteiger partial charge in [0.15, 0.2) is 0 Å². The third-order valence-electron chi connectivity index (χ3n) is 3.53. The van der Waals surface area contributed by atoms with Crippen molar-refractivity contribution >= 4 is 56.1 Å². The number of aromatic nitrogens is 3. The van der Waals surface area contributed by atoms with Crippen molar-refractivity contribution in [1.82, 2.24) is 15.0 Å². The van der Waals surface area contributed by atoms with Crippen LogP contribution in [-0.4, -0.2) is 15.0 Å². The van der Waals surface area contributed by atoms with Crippen LogP contribution >= 0.6 is 34.2 Å². The smallest absolute Gasteiger partial charge is 0.259 e. The van der Waals surface area contributed by atoms with E-state index in [1.54, 1.807) is 6.07 Å². The third-order valence-corrected chi connectivity index (χ3v) is 5.05. The Morgan fingerprint density at radius 2 is 1.86 bits per heavy atom. The van der Waals surface area contributed by atoms with Crippen molar-refractivity contribution in [2.24, 2.45) is 0 Å². The number of hydrogen-bond acceptors (Lipinski definition) is 2. The maximum Gasteiger partial charge on any atom is 0.259 e. The Morgan fingerprint density at radius 3 is 2.68 bits per heavy atom. The Balaban J connectivity index is 1.99. The summed E-state index contributed by atoms with van der Waals surface area (Å²) in [7, 11) is 0. The summed E-state index contributed by atoms with van der Waals surface area (Å²) in [6.45, 7) is 0. The number of halogens is 2. The van der Waals surface area contributed by atoms with E-state index in [9.17, 15) is 4.79 Å². The van der Waals surface area contributed by atoms with Gasteiger partial charge in [0.25, 0.3) is 5.56 Å². The van der Waals surface area contributed by atoms with Crippen molar-refractivity contribution in [3.05, 3.63) is 61.4 Å². The molecule has 0 saturated carbocycles. The van der Waals surface area contributed by atoms with E-state index in [4.69, 9.17) is 11.6 Å². The van der Waals surface area contributed by atoms with Gasteiger partial charge in [-0.2, -0.15) is 0 Å². The maximum atomic E-state index is 12.3. The highest BCUT2D eigenvalue weighted by molar-refractivity contribution is 14.1. The second kappa shape index (κ2) is 5.10. The number of hydrogen-bond donors (Lipinski definition) is 2. The number of aromatic amines is 2. The molecule has 0 aliphatic heterocycles. The van der Waals surface area contributed by atoms with E-state index in [1.807, 2.05) is 36.4 Å². The van der Waals surface area contributed by atoms with Gasteiger partial charge >= 0.3 is 0 Å². The Bertz CT molecular complexity index is 1050. The number of nitrogens with one attached hydrogen (secondary N) is 2. The molecule has 0 atom stereocenters. The molecular weight excluding hydrogens is 413 g/mol. The molecule has 4 rings (SSSR count). The topological polar surface area (TPSA) is 61.5 Å². The fourth-order valence-corrected chi connectivity index (χ4v) is 3.11. The predicted octanol–water partition coefficient (Wildman–Crippen LogP) is 4.33. The highest BCUT2D eigenvalue weighted by Gasteiger charge is 2.11. The van der Waals surface area contributed by atoms with Crippen molar-refractivity contribution in [3.63, 3.8) is 0 Å². The molecule has 4 nitrogen and oxygen atoms in total. The SMILES string of the molecule is O=c1[nH]c2cc(Cl)c(I)cc2cc1-c1nc2ccccc2[nH]1. The first-order valence-electron chi connectivity index (χ1n) is 6.59. The molecule has 0 spiro atoms. The number of benzene rings is 2. The van der Waals surface area contributed by atoms with Gasteiger partial charge in [0.1, 0.15) is 5.82 Å². The number of pyridine rings is 1. The van der Waals surface area contributed by atoms with Gasteiger partial charge in [-0.25, -0.2) is 4.98 Å². The number of nitrogens with zero attached hydrogens (tertiary/aromatic N) is 1. The van der Waals surface area contributed by atoms with E-state index in [0.717, 1.165) is 25.5 Å². The number of H-pyrrole nitrogens is 2. The summed E-state index contributed by atoms with van der Waals surface area (Å²) in [5.41, 5.74) is 2.78. The Hall–Kier alpha value is -1.86. The third kappa shape index (κ3) is 2.21. The van der Waals surface area contributed by atoms with Crippen LogP contribution in [0.2, 0.25) is 5.02 Å². The van der Waals surface area contributed by atoms with Gasteiger partial charge in [-0.05, 0) is 52.9 Å².